The number of anilines is 1. The Kier molecular flexibility index (Phi) is 5.44. The summed E-state index contributed by atoms with van der Waals surface area (Å²) in [6.07, 6.45) is 3.23. The lowest BCUT2D eigenvalue weighted by Crippen LogP contribution is -2.35. The Morgan fingerprint density at radius 2 is 1.82 bits per heavy atom. The first-order valence-corrected chi connectivity index (χ1v) is 10.0. The van der Waals surface area contributed by atoms with E-state index in [1.807, 2.05) is 30.3 Å². The standard InChI is InChI=1S/C23H26N2O3/c26-22(21-9-8-17-5-1-2-7-20(17)21)24-19-6-3-4-16(14-19)15-25-12-10-18(11-13-25)23(27)28/h1-7,14,18,21H,8-13,15H2,(H,24,26)(H,27,28). The van der Waals surface area contributed by atoms with E-state index in [-0.39, 0.29) is 17.7 Å². The van der Waals surface area contributed by atoms with Gasteiger partial charge in [-0.1, -0.05) is 36.4 Å². The maximum atomic E-state index is 12.8. The minimum atomic E-state index is -0.683. The molecule has 2 aliphatic rings. The number of benzene rings is 2. The molecule has 5 nitrogen and oxygen atoms in total. The molecule has 0 radical (unpaired) electrons. The van der Waals surface area contributed by atoms with Crippen molar-refractivity contribution in [1.29, 1.82) is 0 Å². The van der Waals surface area contributed by atoms with Crippen LogP contribution in [0, 0.1) is 5.92 Å². The third-order valence-electron chi connectivity index (χ3n) is 5.99. The summed E-state index contributed by atoms with van der Waals surface area (Å²) in [5, 5.41) is 12.2. The van der Waals surface area contributed by atoms with Crippen molar-refractivity contribution < 1.29 is 14.7 Å². The maximum Gasteiger partial charge on any atom is 0.306 e. The number of carboxylic acids is 1. The summed E-state index contributed by atoms with van der Waals surface area (Å²) in [7, 11) is 0. The molecule has 1 heterocycles. The summed E-state index contributed by atoms with van der Waals surface area (Å²) in [6.45, 7) is 2.38. The van der Waals surface area contributed by atoms with E-state index in [0.717, 1.165) is 49.3 Å². The highest BCUT2D eigenvalue weighted by Crippen LogP contribution is 2.33. The van der Waals surface area contributed by atoms with Crippen LogP contribution in [0.2, 0.25) is 0 Å². The van der Waals surface area contributed by atoms with Crippen molar-refractivity contribution in [3.63, 3.8) is 0 Å². The lowest BCUT2D eigenvalue weighted by atomic mass is 9.97. The molecule has 1 aliphatic heterocycles. The molecule has 2 N–H and O–H groups in total. The topological polar surface area (TPSA) is 69.6 Å². The number of hydrogen-bond donors (Lipinski definition) is 2. The molecule has 1 fully saturated rings. The number of aryl methyl sites for hydroxylation is 1. The number of likely N-dealkylation sites (tertiary alicyclic amines) is 1. The van der Waals surface area contributed by atoms with Crippen LogP contribution in [0.4, 0.5) is 5.69 Å². The van der Waals surface area contributed by atoms with Crippen molar-refractivity contribution in [1.82, 2.24) is 4.90 Å². The molecule has 1 aliphatic carbocycles. The van der Waals surface area contributed by atoms with Crippen LogP contribution in [-0.4, -0.2) is 35.0 Å². The zero-order valence-electron chi connectivity index (χ0n) is 15.9. The third kappa shape index (κ3) is 4.09. The first-order valence-electron chi connectivity index (χ1n) is 10.0. The molecule has 0 bridgehead atoms. The molecule has 1 atom stereocenters. The highest BCUT2D eigenvalue weighted by Gasteiger charge is 2.28. The Bertz CT molecular complexity index is 872. The van der Waals surface area contributed by atoms with Crippen LogP contribution in [0.25, 0.3) is 0 Å². The van der Waals surface area contributed by atoms with Crippen molar-refractivity contribution in [2.75, 3.05) is 18.4 Å². The molecule has 2 aromatic rings. The van der Waals surface area contributed by atoms with E-state index in [1.165, 1.54) is 5.56 Å². The van der Waals surface area contributed by atoms with Gasteiger partial charge in [0.05, 0.1) is 11.8 Å². The fourth-order valence-electron chi connectivity index (χ4n) is 4.40. The summed E-state index contributed by atoms with van der Waals surface area (Å²) >= 11 is 0. The van der Waals surface area contributed by atoms with E-state index >= 15 is 0 Å². The van der Waals surface area contributed by atoms with Gasteiger partial charge in [0.1, 0.15) is 0 Å². The molecule has 28 heavy (non-hydrogen) atoms. The molecule has 2 aromatic carbocycles. The molecule has 1 unspecified atom stereocenters. The van der Waals surface area contributed by atoms with Gasteiger partial charge in [0.2, 0.25) is 5.91 Å². The predicted molar refractivity (Wildman–Crippen MR) is 108 cm³/mol. The first kappa shape index (κ1) is 18.7. The first-order chi connectivity index (χ1) is 13.6. The second kappa shape index (κ2) is 8.15. The highest BCUT2D eigenvalue weighted by molar-refractivity contribution is 5.96. The van der Waals surface area contributed by atoms with Crippen LogP contribution in [0.15, 0.2) is 48.5 Å². The maximum absolute atomic E-state index is 12.8. The summed E-state index contributed by atoms with van der Waals surface area (Å²) < 4.78 is 0. The molecule has 1 saturated heterocycles. The van der Waals surface area contributed by atoms with Crippen LogP contribution >= 0.6 is 0 Å². The van der Waals surface area contributed by atoms with Gasteiger partial charge in [-0.25, -0.2) is 0 Å². The van der Waals surface area contributed by atoms with Gasteiger partial charge in [-0.3, -0.25) is 14.5 Å². The van der Waals surface area contributed by atoms with E-state index in [2.05, 4.69) is 28.4 Å². The number of aliphatic carboxylic acids is 1. The number of rotatable bonds is 5. The second-order valence-corrected chi connectivity index (χ2v) is 7.87. The van der Waals surface area contributed by atoms with Crippen molar-refractivity contribution in [2.45, 2.75) is 38.1 Å². The van der Waals surface area contributed by atoms with E-state index in [0.29, 0.717) is 12.8 Å². The molecule has 4 rings (SSSR count). The van der Waals surface area contributed by atoms with Crippen molar-refractivity contribution in [2.24, 2.45) is 5.92 Å². The quantitative estimate of drug-likeness (QED) is 0.833. The Morgan fingerprint density at radius 1 is 1.04 bits per heavy atom. The van der Waals surface area contributed by atoms with Crippen LogP contribution in [0.3, 0.4) is 0 Å². The molecule has 146 valence electrons. The van der Waals surface area contributed by atoms with Gasteiger partial charge in [-0.2, -0.15) is 0 Å². The van der Waals surface area contributed by atoms with Gasteiger partial charge in [0.15, 0.2) is 0 Å². The van der Waals surface area contributed by atoms with Crippen molar-refractivity contribution >= 4 is 17.6 Å². The van der Waals surface area contributed by atoms with Gasteiger partial charge in [0, 0.05) is 12.2 Å². The van der Waals surface area contributed by atoms with Crippen molar-refractivity contribution in [3.05, 3.63) is 65.2 Å². The third-order valence-corrected chi connectivity index (χ3v) is 5.99. The zero-order valence-corrected chi connectivity index (χ0v) is 15.9. The smallest absolute Gasteiger partial charge is 0.306 e. The molecule has 5 heteroatoms. The molecule has 0 aromatic heterocycles. The lowest BCUT2D eigenvalue weighted by molar-refractivity contribution is -0.143. The SMILES string of the molecule is O=C(O)C1CCN(Cc2cccc(NC(=O)C3CCc4ccccc43)c2)CC1. The highest BCUT2D eigenvalue weighted by atomic mass is 16.4. The Morgan fingerprint density at radius 3 is 2.61 bits per heavy atom. The number of hydrogen-bond acceptors (Lipinski definition) is 3. The van der Waals surface area contributed by atoms with Gasteiger partial charge in [0.25, 0.3) is 0 Å². The van der Waals surface area contributed by atoms with Crippen LogP contribution in [-0.2, 0) is 22.6 Å². The fourth-order valence-corrected chi connectivity index (χ4v) is 4.40. The minimum absolute atomic E-state index is 0.0596. The van der Waals surface area contributed by atoms with Gasteiger partial charge >= 0.3 is 5.97 Å². The normalized spacial score (nSPS) is 19.9. The second-order valence-electron chi connectivity index (χ2n) is 7.87. The zero-order chi connectivity index (χ0) is 19.5. The van der Waals surface area contributed by atoms with E-state index in [9.17, 15) is 9.59 Å². The molecule has 0 saturated carbocycles. The van der Waals surface area contributed by atoms with Gasteiger partial charge < -0.3 is 10.4 Å². The minimum Gasteiger partial charge on any atom is -0.481 e. The average Bonchev–Trinajstić information content (AvgIpc) is 3.13. The summed E-state index contributed by atoms with van der Waals surface area (Å²) in [5.41, 5.74) is 4.39. The number of amides is 1. The fraction of sp³-hybridized carbons (Fsp3) is 0.391. The molecular weight excluding hydrogens is 352 g/mol. The van der Waals surface area contributed by atoms with E-state index < -0.39 is 5.97 Å². The van der Waals surface area contributed by atoms with Crippen molar-refractivity contribution in [3.8, 4) is 0 Å². The number of carbonyl (C=O) groups excluding carboxylic acids is 1. The average molecular weight is 378 g/mol. The van der Waals surface area contributed by atoms with Crippen LogP contribution < -0.4 is 5.32 Å². The summed E-state index contributed by atoms with van der Waals surface area (Å²) in [4.78, 5) is 26.2. The summed E-state index contributed by atoms with van der Waals surface area (Å²) in [5.74, 6) is -0.909. The number of carbonyl (C=O) groups is 2. The lowest BCUT2D eigenvalue weighted by Gasteiger charge is -2.30. The molecular formula is C23H26N2O3. The Balaban J connectivity index is 1.37. The van der Waals surface area contributed by atoms with Gasteiger partial charge in [-0.05, 0) is 67.6 Å². The summed E-state index contributed by atoms with van der Waals surface area (Å²) in [6, 6.07) is 16.2. The number of nitrogens with one attached hydrogen (secondary N) is 1. The monoisotopic (exact) mass is 378 g/mol. The molecule has 1 amide bonds. The number of piperidine rings is 1. The predicted octanol–water partition coefficient (Wildman–Crippen LogP) is 3.65. The van der Waals surface area contributed by atoms with E-state index in [4.69, 9.17) is 5.11 Å². The van der Waals surface area contributed by atoms with E-state index in [1.54, 1.807) is 0 Å². The van der Waals surface area contributed by atoms with Crippen LogP contribution in [0.5, 0.6) is 0 Å². The number of nitrogens with zero attached hydrogens (tertiary/aromatic N) is 1. The number of carboxylic acid groups (broad SMARTS) is 1. The molecule has 0 spiro atoms. The number of fused-ring (bicyclic) bond motifs is 1. The van der Waals surface area contributed by atoms with Crippen LogP contribution in [0.1, 0.15) is 41.9 Å². The van der Waals surface area contributed by atoms with Gasteiger partial charge in [-0.15, -0.1) is 0 Å². The Hall–Kier alpha value is -2.66. The largest absolute Gasteiger partial charge is 0.481 e. The Labute approximate surface area is 165 Å².